The van der Waals surface area contributed by atoms with Gasteiger partial charge in [-0.25, -0.2) is 0 Å². The summed E-state index contributed by atoms with van der Waals surface area (Å²) in [5, 5.41) is 4.75. The van der Waals surface area contributed by atoms with Gasteiger partial charge in [0.25, 0.3) is 0 Å². The monoisotopic (exact) mass is 301 g/mol. The molecular formula is C9H11BrF3NS. The number of thiophene rings is 1. The Labute approximate surface area is 98.8 Å². The van der Waals surface area contributed by atoms with Crippen molar-refractivity contribution in [1.82, 2.24) is 5.32 Å². The molecule has 0 amide bonds. The van der Waals surface area contributed by atoms with Crippen LogP contribution in [0.3, 0.4) is 0 Å². The molecule has 86 valence electrons. The predicted octanol–water partition coefficient (Wildman–Crippen LogP) is 4.11. The average molecular weight is 302 g/mol. The fraction of sp³-hybridized carbons (Fsp3) is 0.556. The first-order valence-corrected chi connectivity index (χ1v) is 6.10. The third-order valence-corrected chi connectivity index (χ3v) is 3.75. The lowest BCUT2D eigenvalue weighted by molar-refractivity contribution is -0.133. The summed E-state index contributed by atoms with van der Waals surface area (Å²) >= 11 is 4.83. The Balaban J connectivity index is 2.34. The van der Waals surface area contributed by atoms with E-state index in [9.17, 15) is 13.2 Å². The molecule has 0 bridgehead atoms. The summed E-state index contributed by atoms with van der Waals surface area (Å²) in [5.41, 5.74) is 0. The van der Waals surface area contributed by atoms with Crippen molar-refractivity contribution in [3.05, 3.63) is 20.8 Å². The number of hydrogen-bond acceptors (Lipinski definition) is 2. The highest BCUT2D eigenvalue weighted by atomic mass is 79.9. The lowest BCUT2D eigenvalue weighted by Gasteiger charge is -2.12. The van der Waals surface area contributed by atoms with Crippen molar-refractivity contribution >= 4 is 27.3 Å². The maximum atomic E-state index is 11.9. The lowest BCUT2D eigenvalue weighted by atomic mass is 10.2. The van der Waals surface area contributed by atoms with E-state index in [0.717, 1.165) is 9.35 Å². The summed E-state index contributed by atoms with van der Waals surface area (Å²) in [4.78, 5) is 1.03. The molecule has 0 aromatic carbocycles. The Kier molecular flexibility index (Phi) is 4.61. The molecular weight excluding hydrogens is 291 g/mol. The van der Waals surface area contributed by atoms with E-state index < -0.39 is 12.6 Å². The van der Waals surface area contributed by atoms with Crippen LogP contribution in [0.4, 0.5) is 13.2 Å². The van der Waals surface area contributed by atoms with Gasteiger partial charge in [-0.2, -0.15) is 13.2 Å². The van der Waals surface area contributed by atoms with Crippen LogP contribution in [0.2, 0.25) is 0 Å². The molecule has 1 rings (SSSR count). The first-order chi connectivity index (χ1) is 6.88. The number of halogens is 4. The lowest BCUT2D eigenvalue weighted by Crippen LogP contribution is -2.23. The van der Waals surface area contributed by atoms with Gasteiger partial charge in [-0.05, 0) is 28.9 Å². The minimum Gasteiger partial charge on any atom is -0.309 e. The first kappa shape index (κ1) is 13.0. The van der Waals surface area contributed by atoms with Crippen molar-refractivity contribution in [2.24, 2.45) is 0 Å². The minimum absolute atomic E-state index is 0.0383. The van der Waals surface area contributed by atoms with Crippen LogP contribution in [0.15, 0.2) is 15.9 Å². The van der Waals surface area contributed by atoms with Crippen LogP contribution >= 0.6 is 27.3 Å². The zero-order valence-corrected chi connectivity index (χ0v) is 10.5. The van der Waals surface area contributed by atoms with E-state index in [2.05, 4.69) is 21.2 Å². The predicted molar refractivity (Wildman–Crippen MR) is 59.1 cm³/mol. The third-order valence-electron chi connectivity index (χ3n) is 1.87. The molecule has 1 unspecified atom stereocenters. The molecule has 1 aromatic heterocycles. The van der Waals surface area contributed by atoms with Crippen molar-refractivity contribution in [2.45, 2.75) is 25.6 Å². The summed E-state index contributed by atoms with van der Waals surface area (Å²) < 4.78 is 36.6. The van der Waals surface area contributed by atoms with Gasteiger partial charge in [-0.15, -0.1) is 11.3 Å². The van der Waals surface area contributed by atoms with Gasteiger partial charge in [-0.3, -0.25) is 0 Å². The van der Waals surface area contributed by atoms with Gasteiger partial charge in [0, 0.05) is 27.3 Å². The molecule has 0 aliphatic carbocycles. The van der Waals surface area contributed by atoms with Crippen molar-refractivity contribution in [2.75, 3.05) is 6.54 Å². The number of hydrogen-bond donors (Lipinski definition) is 1. The van der Waals surface area contributed by atoms with E-state index >= 15 is 0 Å². The summed E-state index contributed by atoms with van der Waals surface area (Å²) in [6.45, 7) is 1.81. The van der Waals surface area contributed by atoms with Crippen LogP contribution in [0, 0.1) is 0 Å². The van der Waals surface area contributed by atoms with Crippen molar-refractivity contribution in [3.63, 3.8) is 0 Å². The van der Waals surface area contributed by atoms with Gasteiger partial charge >= 0.3 is 6.18 Å². The van der Waals surface area contributed by atoms with E-state index in [4.69, 9.17) is 0 Å². The molecule has 1 atom stereocenters. The second kappa shape index (κ2) is 5.32. The van der Waals surface area contributed by atoms with Crippen molar-refractivity contribution < 1.29 is 13.2 Å². The van der Waals surface area contributed by atoms with Crippen LogP contribution < -0.4 is 5.32 Å². The van der Waals surface area contributed by atoms with E-state index in [1.807, 2.05) is 18.4 Å². The molecule has 0 radical (unpaired) electrons. The Morgan fingerprint density at radius 3 is 2.67 bits per heavy atom. The highest BCUT2D eigenvalue weighted by molar-refractivity contribution is 9.10. The standard InChI is InChI=1S/C9H11BrF3NS/c1-6(8-4-7(10)5-15-8)14-3-2-9(11,12)13/h4-6,14H,2-3H2,1H3. The fourth-order valence-electron chi connectivity index (χ4n) is 1.09. The van der Waals surface area contributed by atoms with E-state index in [-0.39, 0.29) is 12.6 Å². The van der Waals surface area contributed by atoms with Crippen LogP contribution in [-0.4, -0.2) is 12.7 Å². The van der Waals surface area contributed by atoms with Gasteiger partial charge in [0.1, 0.15) is 0 Å². The summed E-state index contributed by atoms with van der Waals surface area (Å²) in [7, 11) is 0. The van der Waals surface area contributed by atoms with E-state index in [0.29, 0.717) is 0 Å². The number of alkyl halides is 3. The smallest absolute Gasteiger partial charge is 0.309 e. The Morgan fingerprint density at radius 1 is 1.53 bits per heavy atom. The van der Waals surface area contributed by atoms with Crippen LogP contribution in [0.1, 0.15) is 24.3 Å². The van der Waals surface area contributed by atoms with E-state index in [1.165, 1.54) is 11.3 Å². The quantitative estimate of drug-likeness (QED) is 0.882. The van der Waals surface area contributed by atoms with Gasteiger partial charge < -0.3 is 5.32 Å². The molecule has 0 saturated heterocycles. The largest absolute Gasteiger partial charge is 0.390 e. The number of nitrogens with one attached hydrogen (secondary N) is 1. The van der Waals surface area contributed by atoms with Gasteiger partial charge in [0.2, 0.25) is 0 Å². The summed E-state index contributed by atoms with van der Waals surface area (Å²) in [6, 6.07) is 1.87. The minimum atomic E-state index is -4.08. The van der Waals surface area contributed by atoms with Crippen molar-refractivity contribution in [3.8, 4) is 0 Å². The Bertz CT molecular complexity index is 311. The van der Waals surface area contributed by atoms with Crippen LogP contribution in [0.25, 0.3) is 0 Å². The molecule has 1 aromatic rings. The maximum Gasteiger partial charge on any atom is 0.390 e. The highest BCUT2D eigenvalue weighted by Crippen LogP contribution is 2.25. The molecule has 1 nitrogen and oxygen atoms in total. The molecule has 0 fully saturated rings. The SMILES string of the molecule is CC(NCCC(F)(F)F)c1cc(Br)cs1. The second-order valence-corrected chi connectivity index (χ2v) is 5.07. The maximum absolute atomic E-state index is 11.9. The van der Waals surface area contributed by atoms with Crippen LogP contribution in [0.5, 0.6) is 0 Å². The van der Waals surface area contributed by atoms with Gasteiger partial charge in [0.05, 0.1) is 6.42 Å². The second-order valence-electron chi connectivity index (χ2n) is 3.21. The molecule has 15 heavy (non-hydrogen) atoms. The first-order valence-electron chi connectivity index (χ1n) is 4.42. The Hall–Kier alpha value is -0.0700. The molecule has 0 aliphatic rings. The van der Waals surface area contributed by atoms with Crippen molar-refractivity contribution in [1.29, 1.82) is 0 Å². The fourth-order valence-corrected chi connectivity index (χ4v) is 2.56. The van der Waals surface area contributed by atoms with Crippen LogP contribution in [-0.2, 0) is 0 Å². The molecule has 6 heteroatoms. The summed E-state index contributed by atoms with van der Waals surface area (Å²) in [5.74, 6) is 0. The molecule has 0 saturated carbocycles. The zero-order valence-electron chi connectivity index (χ0n) is 8.07. The summed E-state index contributed by atoms with van der Waals surface area (Å²) in [6.07, 6.45) is -4.87. The van der Waals surface area contributed by atoms with Gasteiger partial charge in [0.15, 0.2) is 0 Å². The highest BCUT2D eigenvalue weighted by Gasteiger charge is 2.26. The van der Waals surface area contributed by atoms with Gasteiger partial charge in [-0.1, -0.05) is 0 Å². The molecule has 1 N–H and O–H groups in total. The topological polar surface area (TPSA) is 12.0 Å². The average Bonchev–Trinajstić information content (AvgIpc) is 2.49. The molecule has 0 spiro atoms. The Morgan fingerprint density at radius 2 is 2.20 bits per heavy atom. The molecule has 1 heterocycles. The normalized spacial score (nSPS) is 14.2. The third kappa shape index (κ3) is 4.99. The zero-order chi connectivity index (χ0) is 11.5. The molecule has 0 aliphatic heterocycles. The van der Waals surface area contributed by atoms with E-state index in [1.54, 1.807) is 0 Å². The number of rotatable bonds is 4.